The Bertz CT molecular complexity index is 481. The maximum absolute atomic E-state index is 12.7. The second-order valence-corrected chi connectivity index (χ2v) is 4.21. The first-order valence-corrected chi connectivity index (χ1v) is 6.11. The lowest BCUT2D eigenvalue weighted by Gasteiger charge is -2.15. The highest BCUT2D eigenvalue weighted by Gasteiger charge is 2.31. The molecule has 0 fully saturated rings. The second-order valence-electron chi connectivity index (χ2n) is 4.21. The van der Waals surface area contributed by atoms with Gasteiger partial charge in [0.25, 0.3) is 5.91 Å². The smallest absolute Gasteiger partial charge is 0.369 e. The number of anilines is 1. The minimum Gasteiger partial charge on any atom is -0.369 e. The van der Waals surface area contributed by atoms with Gasteiger partial charge in [-0.1, -0.05) is 0 Å². The molecule has 0 saturated carbocycles. The van der Waals surface area contributed by atoms with Crippen LogP contribution in [0.4, 0.5) is 18.9 Å². The lowest BCUT2D eigenvalue weighted by atomic mass is 10.1. The van der Waals surface area contributed by atoms with E-state index in [1.807, 2.05) is 0 Å². The van der Waals surface area contributed by atoms with Gasteiger partial charge in [-0.05, 0) is 37.6 Å². The van der Waals surface area contributed by atoms with Crippen molar-refractivity contribution in [3.05, 3.63) is 29.3 Å². The van der Waals surface area contributed by atoms with Crippen LogP contribution in [-0.4, -0.2) is 18.6 Å². The van der Waals surface area contributed by atoms with Crippen LogP contribution in [0.25, 0.3) is 0 Å². The number of hydrogen-bond acceptors (Lipinski definition) is 3. The summed E-state index contributed by atoms with van der Waals surface area (Å²) in [5, 5.41) is 2.39. The molecule has 0 radical (unpaired) electrons. The fourth-order valence-corrected chi connectivity index (χ4v) is 1.62. The van der Waals surface area contributed by atoms with Gasteiger partial charge in [-0.25, -0.2) is 0 Å². The van der Waals surface area contributed by atoms with Crippen molar-refractivity contribution in [2.45, 2.75) is 32.7 Å². The highest BCUT2D eigenvalue weighted by Crippen LogP contribution is 2.32. The first-order valence-electron chi connectivity index (χ1n) is 6.11. The van der Waals surface area contributed by atoms with E-state index < -0.39 is 23.8 Å². The van der Waals surface area contributed by atoms with Crippen LogP contribution in [0.1, 0.15) is 25.0 Å². The summed E-state index contributed by atoms with van der Waals surface area (Å²) in [6.07, 6.45) is -5.23. The molecule has 0 aliphatic carbocycles. The lowest BCUT2D eigenvalue weighted by molar-refractivity contribution is -0.137. The summed E-state index contributed by atoms with van der Waals surface area (Å²) >= 11 is 0. The molecule has 4 nitrogen and oxygen atoms in total. The van der Waals surface area contributed by atoms with Gasteiger partial charge in [0.2, 0.25) is 0 Å². The topological polar surface area (TPSA) is 64.3 Å². The summed E-state index contributed by atoms with van der Waals surface area (Å²) in [6.45, 7) is 3.54. The number of rotatable bonds is 5. The fraction of sp³-hybridized carbons (Fsp3) is 0.462. The number of carbonyl (C=O) groups excluding carboxylic acids is 1. The molecule has 1 aromatic carbocycles. The Labute approximate surface area is 127 Å². The first-order chi connectivity index (χ1) is 9.27. The Morgan fingerprint density at radius 3 is 2.48 bits per heavy atom. The van der Waals surface area contributed by atoms with Crippen molar-refractivity contribution >= 4 is 24.0 Å². The van der Waals surface area contributed by atoms with E-state index in [0.717, 1.165) is 12.1 Å². The van der Waals surface area contributed by atoms with E-state index in [2.05, 4.69) is 5.32 Å². The monoisotopic (exact) mass is 326 g/mol. The average molecular weight is 327 g/mol. The van der Waals surface area contributed by atoms with Gasteiger partial charge in [0, 0.05) is 18.8 Å². The maximum Gasteiger partial charge on any atom is 0.416 e. The summed E-state index contributed by atoms with van der Waals surface area (Å²) in [4.78, 5) is 11.7. The Balaban J connectivity index is 0.00000400. The zero-order valence-electron chi connectivity index (χ0n) is 11.7. The SMILES string of the molecule is CCOC(C)C(=O)Nc1cc(CN)cc(C(F)(F)F)c1.Cl. The van der Waals surface area contributed by atoms with Crippen molar-refractivity contribution in [2.24, 2.45) is 5.73 Å². The van der Waals surface area contributed by atoms with E-state index in [-0.39, 0.29) is 24.6 Å². The van der Waals surface area contributed by atoms with Crippen molar-refractivity contribution in [2.75, 3.05) is 11.9 Å². The summed E-state index contributed by atoms with van der Waals surface area (Å²) in [5.41, 5.74) is 4.86. The van der Waals surface area contributed by atoms with Gasteiger partial charge in [0.1, 0.15) is 6.10 Å². The molecule has 0 spiro atoms. The molecule has 8 heteroatoms. The highest BCUT2D eigenvalue weighted by molar-refractivity contribution is 5.94. The van der Waals surface area contributed by atoms with E-state index in [4.69, 9.17) is 10.5 Å². The number of hydrogen-bond donors (Lipinski definition) is 2. The van der Waals surface area contributed by atoms with Crippen molar-refractivity contribution in [3.8, 4) is 0 Å². The summed E-state index contributed by atoms with van der Waals surface area (Å²) in [7, 11) is 0. The third-order valence-electron chi connectivity index (χ3n) is 2.61. The minimum absolute atomic E-state index is 0. The standard InChI is InChI=1S/C13H17F3N2O2.ClH/c1-3-20-8(2)12(19)18-11-5-9(7-17)4-10(6-11)13(14,15)16;/h4-6,8H,3,7,17H2,1-2H3,(H,18,19);1H. The molecule has 1 aromatic rings. The number of carbonyl (C=O) groups is 1. The molecule has 0 aliphatic heterocycles. The van der Waals surface area contributed by atoms with Gasteiger partial charge in [-0.3, -0.25) is 4.79 Å². The van der Waals surface area contributed by atoms with Crippen LogP contribution < -0.4 is 11.1 Å². The molecular weight excluding hydrogens is 309 g/mol. The molecule has 1 atom stereocenters. The van der Waals surface area contributed by atoms with E-state index in [9.17, 15) is 18.0 Å². The van der Waals surface area contributed by atoms with Crippen LogP contribution in [0.15, 0.2) is 18.2 Å². The maximum atomic E-state index is 12.7. The van der Waals surface area contributed by atoms with E-state index in [0.29, 0.717) is 12.2 Å². The summed E-state index contributed by atoms with van der Waals surface area (Å²) < 4.78 is 43.2. The van der Waals surface area contributed by atoms with E-state index in [1.165, 1.54) is 13.0 Å². The largest absolute Gasteiger partial charge is 0.416 e. The van der Waals surface area contributed by atoms with Crippen LogP contribution in [0.2, 0.25) is 0 Å². The zero-order valence-corrected chi connectivity index (χ0v) is 12.5. The van der Waals surface area contributed by atoms with Gasteiger partial charge in [-0.2, -0.15) is 13.2 Å². The van der Waals surface area contributed by atoms with Gasteiger partial charge >= 0.3 is 6.18 Å². The number of benzene rings is 1. The minimum atomic E-state index is -4.49. The predicted octanol–water partition coefficient (Wildman–Crippen LogP) is 2.95. The lowest BCUT2D eigenvalue weighted by Crippen LogP contribution is -2.28. The number of amides is 1. The molecule has 0 bridgehead atoms. The predicted molar refractivity (Wildman–Crippen MR) is 76.3 cm³/mol. The van der Waals surface area contributed by atoms with E-state index in [1.54, 1.807) is 6.92 Å². The third kappa shape index (κ3) is 5.91. The molecule has 1 rings (SSSR count). The zero-order chi connectivity index (χ0) is 15.3. The average Bonchev–Trinajstić information content (AvgIpc) is 2.37. The molecule has 1 amide bonds. The van der Waals surface area contributed by atoms with Crippen molar-refractivity contribution in [1.82, 2.24) is 0 Å². The Morgan fingerprint density at radius 1 is 1.38 bits per heavy atom. The van der Waals surface area contributed by atoms with Crippen molar-refractivity contribution in [1.29, 1.82) is 0 Å². The third-order valence-corrected chi connectivity index (χ3v) is 2.61. The number of nitrogens with one attached hydrogen (secondary N) is 1. The van der Waals surface area contributed by atoms with Gasteiger partial charge in [-0.15, -0.1) is 12.4 Å². The molecule has 21 heavy (non-hydrogen) atoms. The number of ether oxygens (including phenoxy) is 1. The first kappa shape index (κ1) is 19.7. The molecule has 120 valence electrons. The van der Waals surface area contributed by atoms with Crippen LogP contribution in [0.3, 0.4) is 0 Å². The Kier molecular flexibility index (Phi) is 7.70. The summed E-state index contributed by atoms with van der Waals surface area (Å²) in [5.74, 6) is -0.505. The number of nitrogens with two attached hydrogens (primary N) is 1. The van der Waals surface area contributed by atoms with Gasteiger partial charge in [0.15, 0.2) is 0 Å². The fourth-order valence-electron chi connectivity index (χ4n) is 1.62. The number of halogens is 4. The second kappa shape index (κ2) is 8.21. The van der Waals surface area contributed by atoms with E-state index >= 15 is 0 Å². The quantitative estimate of drug-likeness (QED) is 0.874. The van der Waals surface area contributed by atoms with Crippen molar-refractivity contribution in [3.63, 3.8) is 0 Å². The Morgan fingerprint density at radius 2 is 2.00 bits per heavy atom. The van der Waals surface area contributed by atoms with Gasteiger partial charge in [0.05, 0.1) is 5.56 Å². The molecule has 1 unspecified atom stereocenters. The Hall–Kier alpha value is -1.31. The van der Waals surface area contributed by atoms with Crippen LogP contribution in [0, 0.1) is 0 Å². The molecule has 0 aromatic heterocycles. The number of alkyl halides is 3. The molecule has 3 N–H and O–H groups in total. The summed E-state index contributed by atoms with van der Waals surface area (Å²) in [6, 6.07) is 3.24. The molecule has 0 heterocycles. The molecule has 0 aliphatic rings. The molecular formula is C13H18ClF3N2O2. The van der Waals surface area contributed by atoms with Crippen LogP contribution >= 0.6 is 12.4 Å². The van der Waals surface area contributed by atoms with Crippen LogP contribution in [0.5, 0.6) is 0 Å². The van der Waals surface area contributed by atoms with Crippen molar-refractivity contribution < 1.29 is 22.7 Å². The normalized spacial score (nSPS) is 12.5. The highest BCUT2D eigenvalue weighted by atomic mass is 35.5. The van der Waals surface area contributed by atoms with Gasteiger partial charge < -0.3 is 15.8 Å². The van der Waals surface area contributed by atoms with Crippen LogP contribution in [-0.2, 0) is 22.3 Å². The molecule has 0 saturated heterocycles.